The van der Waals surface area contributed by atoms with E-state index in [1.807, 2.05) is 60.7 Å². The third kappa shape index (κ3) is 3.59. The molecule has 0 unspecified atom stereocenters. The summed E-state index contributed by atoms with van der Waals surface area (Å²) in [6, 6.07) is 20.2. The zero-order valence-electron chi connectivity index (χ0n) is 14.8. The molecule has 3 N–H and O–H groups in total. The summed E-state index contributed by atoms with van der Waals surface area (Å²) < 4.78 is 0. The van der Waals surface area contributed by atoms with Crippen molar-refractivity contribution in [3.05, 3.63) is 106 Å². The lowest BCUT2D eigenvalue weighted by Crippen LogP contribution is -2.32. The van der Waals surface area contributed by atoms with E-state index < -0.39 is 11.3 Å². The Kier molecular flexibility index (Phi) is 4.79. The number of aromatic nitrogens is 4. The molecule has 0 saturated heterocycles. The van der Waals surface area contributed by atoms with Gasteiger partial charge in [0.1, 0.15) is 11.9 Å². The fourth-order valence-corrected chi connectivity index (χ4v) is 2.98. The van der Waals surface area contributed by atoms with E-state index >= 15 is 0 Å². The molecule has 0 bridgehead atoms. The SMILES string of the molecule is O=C(NC(c1ccccc1)c1ccccc1)c1c[nH]c(-c2ncn[nH]2)cc1=O. The molecule has 2 heterocycles. The van der Waals surface area contributed by atoms with E-state index in [0.29, 0.717) is 11.5 Å². The van der Waals surface area contributed by atoms with Gasteiger partial charge in [0, 0.05) is 12.3 Å². The molecule has 4 aromatic rings. The quantitative estimate of drug-likeness (QED) is 0.502. The Hall–Kier alpha value is -4.00. The van der Waals surface area contributed by atoms with Gasteiger partial charge in [-0.15, -0.1) is 0 Å². The summed E-state index contributed by atoms with van der Waals surface area (Å²) in [4.78, 5) is 32.3. The van der Waals surface area contributed by atoms with E-state index in [0.717, 1.165) is 11.1 Å². The first-order chi connectivity index (χ1) is 13.7. The molecule has 0 radical (unpaired) electrons. The molecular weight excluding hydrogens is 354 g/mol. The Bertz CT molecular complexity index is 1080. The van der Waals surface area contributed by atoms with Crippen LogP contribution in [0.5, 0.6) is 0 Å². The second kappa shape index (κ2) is 7.71. The van der Waals surface area contributed by atoms with Crippen LogP contribution in [0.1, 0.15) is 27.5 Å². The maximum Gasteiger partial charge on any atom is 0.257 e. The number of pyridine rings is 1. The van der Waals surface area contributed by atoms with E-state index in [-0.39, 0.29) is 11.6 Å². The van der Waals surface area contributed by atoms with Crippen molar-refractivity contribution in [3.63, 3.8) is 0 Å². The third-order valence-corrected chi connectivity index (χ3v) is 4.37. The second-order valence-electron chi connectivity index (χ2n) is 6.19. The minimum atomic E-state index is -0.455. The highest BCUT2D eigenvalue weighted by Gasteiger charge is 2.19. The van der Waals surface area contributed by atoms with Crippen molar-refractivity contribution in [1.29, 1.82) is 0 Å². The van der Waals surface area contributed by atoms with Gasteiger partial charge in [0.05, 0.1) is 11.7 Å². The molecule has 7 nitrogen and oxygen atoms in total. The summed E-state index contributed by atoms with van der Waals surface area (Å²) in [5.74, 6) is -0.0291. The molecule has 0 aliphatic carbocycles. The van der Waals surface area contributed by atoms with E-state index in [4.69, 9.17) is 0 Å². The highest BCUT2D eigenvalue weighted by atomic mass is 16.2. The maximum atomic E-state index is 12.9. The fourth-order valence-electron chi connectivity index (χ4n) is 2.98. The monoisotopic (exact) mass is 371 g/mol. The smallest absolute Gasteiger partial charge is 0.257 e. The molecule has 0 aliphatic rings. The van der Waals surface area contributed by atoms with Crippen LogP contribution in [-0.2, 0) is 0 Å². The Morgan fingerprint density at radius 2 is 1.61 bits per heavy atom. The van der Waals surface area contributed by atoms with Crippen LogP contribution < -0.4 is 10.7 Å². The van der Waals surface area contributed by atoms with Gasteiger partial charge in [0.25, 0.3) is 5.91 Å². The van der Waals surface area contributed by atoms with Crippen molar-refractivity contribution < 1.29 is 4.79 Å². The number of nitrogens with one attached hydrogen (secondary N) is 3. The number of hydrogen-bond donors (Lipinski definition) is 3. The third-order valence-electron chi connectivity index (χ3n) is 4.37. The molecule has 0 atom stereocenters. The van der Waals surface area contributed by atoms with Gasteiger partial charge in [-0.05, 0) is 11.1 Å². The molecule has 4 rings (SSSR count). The molecule has 0 aliphatic heterocycles. The molecule has 2 aromatic heterocycles. The van der Waals surface area contributed by atoms with Gasteiger partial charge >= 0.3 is 0 Å². The number of aromatic amines is 2. The van der Waals surface area contributed by atoms with E-state index in [1.54, 1.807) is 0 Å². The summed E-state index contributed by atoms with van der Waals surface area (Å²) in [6.45, 7) is 0. The first-order valence-corrected chi connectivity index (χ1v) is 8.71. The lowest BCUT2D eigenvalue weighted by atomic mass is 9.98. The van der Waals surface area contributed by atoms with Gasteiger partial charge < -0.3 is 10.3 Å². The Morgan fingerprint density at radius 1 is 0.964 bits per heavy atom. The second-order valence-corrected chi connectivity index (χ2v) is 6.19. The number of hydrogen-bond acceptors (Lipinski definition) is 4. The van der Waals surface area contributed by atoms with E-state index in [2.05, 4.69) is 25.5 Å². The summed E-state index contributed by atoms with van der Waals surface area (Å²) in [7, 11) is 0. The lowest BCUT2D eigenvalue weighted by molar-refractivity contribution is 0.0941. The van der Waals surface area contributed by atoms with Gasteiger partial charge in [0.15, 0.2) is 11.3 Å². The summed E-state index contributed by atoms with van der Waals surface area (Å²) in [5, 5.41) is 9.39. The number of nitrogens with zero attached hydrogens (tertiary/aromatic N) is 2. The largest absolute Gasteiger partial charge is 0.358 e. The molecule has 0 spiro atoms. The maximum absolute atomic E-state index is 12.9. The minimum absolute atomic E-state index is 0.0279. The molecule has 0 saturated carbocycles. The number of H-pyrrole nitrogens is 2. The number of carbonyl (C=O) groups excluding carboxylic acids is 1. The van der Waals surface area contributed by atoms with Crippen molar-refractivity contribution in [2.45, 2.75) is 6.04 Å². The van der Waals surface area contributed by atoms with Crippen molar-refractivity contribution in [2.75, 3.05) is 0 Å². The number of amides is 1. The Labute approximate surface area is 160 Å². The zero-order chi connectivity index (χ0) is 19.3. The van der Waals surface area contributed by atoms with Crippen LogP contribution >= 0.6 is 0 Å². The average Bonchev–Trinajstić information content (AvgIpc) is 3.28. The molecule has 2 aromatic carbocycles. The minimum Gasteiger partial charge on any atom is -0.358 e. The van der Waals surface area contributed by atoms with Gasteiger partial charge in [-0.2, -0.15) is 5.10 Å². The molecule has 28 heavy (non-hydrogen) atoms. The van der Waals surface area contributed by atoms with Crippen LogP contribution in [-0.4, -0.2) is 26.1 Å². The first-order valence-electron chi connectivity index (χ1n) is 8.71. The fraction of sp³-hybridized carbons (Fsp3) is 0.0476. The zero-order valence-corrected chi connectivity index (χ0v) is 14.8. The topological polar surface area (TPSA) is 104 Å². The van der Waals surface area contributed by atoms with Crippen LogP contribution in [0.2, 0.25) is 0 Å². The van der Waals surface area contributed by atoms with E-state index in [1.165, 1.54) is 18.6 Å². The Balaban J connectivity index is 1.64. The van der Waals surface area contributed by atoms with Gasteiger partial charge in [-0.25, -0.2) is 4.98 Å². The standard InChI is InChI=1S/C21H17N5O2/c27-18-11-17(20-23-13-24-26-20)22-12-16(18)21(28)25-19(14-7-3-1-4-8-14)15-9-5-2-6-10-15/h1-13,19H,(H,22,27)(H,25,28)(H,23,24,26). The predicted octanol–water partition coefficient (Wildman–Crippen LogP) is 2.68. The number of carbonyl (C=O) groups is 1. The lowest BCUT2D eigenvalue weighted by Gasteiger charge is -2.19. The highest BCUT2D eigenvalue weighted by molar-refractivity contribution is 5.94. The van der Waals surface area contributed by atoms with Crippen LogP contribution in [0, 0.1) is 0 Å². The van der Waals surface area contributed by atoms with Crippen LogP contribution in [0.3, 0.4) is 0 Å². The molecular formula is C21H17N5O2. The number of benzene rings is 2. The highest BCUT2D eigenvalue weighted by Crippen LogP contribution is 2.22. The molecule has 138 valence electrons. The summed E-state index contributed by atoms with van der Waals surface area (Å²) in [5.41, 5.74) is 1.94. The first kappa shape index (κ1) is 17.4. The molecule has 0 fully saturated rings. The van der Waals surface area contributed by atoms with Crippen LogP contribution in [0.25, 0.3) is 11.5 Å². The van der Waals surface area contributed by atoms with Crippen molar-refractivity contribution in [3.8, 4) is 11.5 Å². The summed E-state index contributed by atoms with van der Waals surface area (Å²) >= 11 is 0. The number of rotatable bonds is 5. The van der Waals surface area contributed by atoms with Crippen molar-refractivity contribution in [2.24, 2.45) is 0 Å². The molecule has 7 heteroatoms. The van der Waals surface area contributed by atoms with E-state index in [9.17, 15) is 9.59 Å². The van der Waals surface area contributed by atoms with Crippen molar-refractivity contribution in [1.82, 2.24) is 25.5 Å². The van der Waals surface area contributed by atoms with Gasteiger partial charge in [0.2, 0.25) is 0 Å². The summed E-state index contributed by atoms with van der Waals surface area (Å²) in [6.07, 6.45) is 2.74. The van der Waals surface area contributed by atoms with Crippen LogP contribution in [0.15, 0.2) is 84.0 Å². The predicted molar refractivity (Wildman–Crippen MR) is 105 cm³/mol. The van der Waals surface area contributed by atoms with Gasteiger partial charge in [-0.1, -0.05) is 60.7 Å². The average molecular weight is 371 g/mol. The van der Waals surface area contributed by atoms with Gasteiger partial charge in [-0.3, -0.25) is 14.7 Å². The normalized spacial score (nSPS) is 10.8. The molecule has 1 amide bonds. The van der Waals surface area contributed by atoms with Crippen molar-refractivity contribution >= 4 is 5.91 Å². The Morgan fingerprint density at radius 3 is 2.14 bits per heavy atom. The van der Waals surface area contributed by atoms with Crippen LogP contribution in [0.4, 0.5) is 0 Å².